The quantitative estimate of drug-likeness (QED) is 0.737. The molecule has 0 N–H and O–H groups in total. The molecular weight excluding hydrogens is 202 g/mol. The number of nitrogens with zero attached hydrogens (tertiary/aromatic N) is 1. The number of aryl methyl sites for hydroxylation is 1. The molecule has 0 spiro atoms. The Morgan fingerprint density at radius 1 is 1.38 bits per heavy atom. The number of rotatable bonds is 4. The van der Waals surface area contributed by atoms with Crippen LogP contribution in [0.4, 0.5) is 0 Å². The summed E-state index contributed by atoms with van der Waals surface area (Å²) in [5, 5.41) is 0. The predicted octanol–water partition coefficient (Wildman–Crippen LogP) is 2.78. The zero-order chi connectivity index (χ0) is 12.4. The number of carbonyl (C=O) groups is 1. The highest BCUT2D eigenvalue weighted by atomic mass is 16.5. The van der Waals surface area contributed by atoms with Crippen LogP contribution in [0.5, 0.6) is 0 Å². The topological polar surface area (TPSA) is 39.2 Å². The van der Waals surface area contributed by atoms with Crippen molar-refractivity contribution in [1.29, 1.82) is 0 Å². The Labute approximate surface area is 97.9 Å². The molecule has 16 heavy (non-hydrogen) atoms. The normalized spacial score (nSPS) is 9.00. The molecule has 0 aliphatic heterocycles. The number of hydrogen-bond acceptors (Lipinski definition) is 3. The van der Waals surface area contributed by atoms with Crippen LogP contribution in [-0.4, -0.2) is 17.6 Å². The second-order valence-corrected chi connectivity index (χ2v) is 2.94. The summed E-state index contributed by atoms with van der Waals surface area (Å²) >= 11 is 0. The molecule has 90 valence electrons. The zero-order valence-electron chi connectivity index (χ0n) is 10.6. The van der Waals surface area contributed by atoms with Gasteiger partial charge in [0, 0.05) is 6.20 Å². The Morgan fingerprint density at radius 2 is 2.06 bits per heavy atom. The van der Waals surface area contributed by atoms with Crippen LogP contribution in [0.15, 0.2) is 18.3 Å². The summed E-state index contributed by atoms with van der Waals surface area (Å²) in [7, 11) is 0. The molecule has 0 saturated carbocycles. The van der Waals surface area contributed by atoms with E-state index in [0.717, 1.165) is 17.7 Å². The van der Waals surface area contributed by atoms with Crippen molar-refractivity contribution in [1.82, 2.24) is 4.98 Å². The van der Waals surface area contributed by atoms with E-state index < -0.39 is 0 Å². The third-order valence-corrected chi connectivity index (χ3v) is 1.98. The van der Waals surface area contributed by atoms with Crippen LogP contribution >= 0.6 is 0 Å². The van der Waals surface area contributed by atoms with Gasteiger partial charge in [-0.1, -0.05) is 26.8 Å². The lowest BCUT2D eigenvalue weighted by Crippen LogP contribution is -2.10. The van der Waals surface area contributed by atoms with Crippen molar-refractivity contribution in [2.75, 3.05) is 6.61 Å². The van der Waals surface area contributed by atoms with E-state index in [1.165, 1.54) is 0 Å². The van der Waals surface area contributed by atoms with Crippen LogP contribution in [0.25, 0.3) is 0 Å². The van der Waals surface area contributed by atoms with Crippen LogP contribution < -0.4 is 0 Å². The number of esters is 1. The molecule has 0 saturated heterocycles. The van der Waals surface area contributed by atoms with Gasteiger partial charge in [0.05, 0.1) is 18.7 Å². The van der Waals surface area contributed by atoms with Gasteiger partial charge in [0.15, 0.2) is 0 Å². The standard InChI is InChI=1S/C11H15NO2.C2H6/c1-3-9-6-5-7-12-10(9)8-11(13)14-4-2;1-2/h5-7H,3-4,8H2,1-2H3;1-2H3. The van der Waals surface area contributed by atoms with Gasteiger partial charge in [-0.15, -0.1) is 0 Å². The van der Waals surface area contributed by atoms with E-state index >= 15 is 0 Å². The summed E-state index contributed by atoms with van der Waals surface area (Å²) < 4.78 is 4.87. The van der Waals surface area contributed by atoms with E-state index in [0.29, 0.717) is 6.61 Å². The Morgan fingerprint density at radius 3 is 2.62 bits per heavy atom. The number of carbonyl (C=O) groups excluding carboxylic acids is 1. The maximum Gasteiger partial charge on any atom is 0.311 e. The van der Waals surface area contributed by atoms with Crippen molar-refractivity contribution < 1.29 is 9.53 Å². The third-order valence-electron chi connectivity index (χ3n) is 1.98. The Balaban J connectivity index is 0.00000106. The monoisotopic (exact) mass is 223 g/mol. The smallest absolute Gasteiger partial charge is 0.311 e. The van der Waals surface area contributed by atoms with Crippen molar-refractivity contribution >= 4 is 5.97 Å². The number of ether oxygens (including phenoxy) is 1. The van der Waals surface area contributed by atoms with Gasteiger partial charge in [-0.25, -0.2) is 0 Å². The van der Waals surface area contributed by atoms with Crippen molar-refractivity contribution in [2.45, 2.75) is 40.5 Å². The molecule has 0 aromatic carbocycles. The summed E-state index contributed by atoms with van der Waals surface area (Å²) in [5.41, 5.74) is 1.94. The average molecular weight is 223 g/mol. The fourth-order valence-corrected chi connectivity index (χ4v) is 1.30. The fraction of sp³-hybridized carbons (Fsp3) is 0.538. The molecule has 1 heterocycles. The third kappa shape index (κ3) is 4.91. The molecule has 1 rings (SSSR count). The first-order valence-electron chi connectivity index (χ1n) is 5.86. The van der Waals surface area contributed by atoms with Gasteiger partial charge in [0.2, 0.25) is 0 Å². The summed E-state index contributed by atoms with van der Waals surface area (Å²) in [4.78, 5) is 15.4. The summed E-state index contributed by atoms with van der Waals surface area (Å²) in [6.07, 6.45) is 2.87. The minimum absolute atomic E-state index is 0.208. The minimum atomic E-state index is -0.208. The molecule has 0 aliphatic rings. The van der Waals surface area contributed by atoms with Crippen LogP contribution in [0.2, 0.25) is 0 Å². The molecule has 0 bridgehead atoms. The van der Waals surface area contributed by atoms with Gasteiger partial charge in [0.25, 0.3) is 0 Å². The predicted molar refractivity (Wildman–Crippen MR) is 65.3 cm³/mol. The molecule has 0 aliphatic carbocycles. The van der Waals surface area contributed by atoms with E-state index in [2.05, 4.69) is 4.98 Å². The van der Waals surface area contributed by atoms with E-state index in [4.69, 9.17) is 4.74 Å². The lowest BCUT2D eigenvalue weighted by molar-refractivity contribution is -0.142. The first kappa shape index (κ1) is 14.6. The van der Waals surface area contributed by atoms with Crippen LogP contribution in [0.3, 0.4) is 0 Å². The first-order chi connectivity index (χ1) is 7.77. The molecule has 0 amide bonds. The number of hydrogen-bond donors (Lipinski definition) is 0. The summed E-state index contributed by atoms with van der Waals surface area (Å²) in [5.74, 6) is -0.208. The van der Waals surface area contributed by atoms with Crippen molar-refractivity contribution in [2.24, 2.45) is 0 Å². The van der Waals surface area contributed by atoms with Crippen molar-refractivity contribution in [3.8, 4) is 0 Å². The van der Waals surface area contributed by atoms with E-state index in [9.17, 15) is 4.79 Å². The lowest BCUT2D eigenvalue weighted by atomic mass is 10.1. The maximum atomic E-state index is 11.2. The van der Waals surface area contributed by atoms with Gasteiger partial charge >= 0.3 is 5.97 Å². The second kappa shape index (κ2) is 8.89. The van der Waals surface area contributed by atoms with Gasteiger partial charge in [-0.3, -0.25) is 9.78 Å². The fourth-order valence-electron chi connectivity index (χ4n) is 1.30. The largest absolute Gasteiger partial charge is 0.466 e. The highest BCUT2D eigenvalue weighted by Crippen LogP contribution is 2.07. The SMILES string of the molecule is CC.CCOC(=O)Cc1ncccc1CC. The first-order valence-corrected chi connectivity index (χ1v) is 5.86. The van der Waals surface area contributed by atoms with Crippen LogP contribution in [0, 0.1) is 0 Å². The average Bonchev–Trinajstić information content (AvgIpc) is 2.32. The minimum Gasteiger partial charge on any atom is -0.466 e. The van der Waals surface area contributed by atoms with Crippen molar-refractivity contribution in [3.63, 3.8) is 0 Å². The maximum absolute atomic E-state index is 11.2. The molecule has 3 heteroatoms. The van der Waals surface area contributed by atoms with Crippen LogP contribution in [0.1, 0.15) is 39.0 Å². The highest BCUT2D eigenvalue weighted by molar-refractivity contribution is 5.72. The molecule has 0 atom stereocenters. The summed E-state index contributed by atoms with van der Waals surface area (Å²) in [6, 6.07) is 3.87. The molecule has 1 aromatic heterocycles. The van der Waals surface area contributed by atoms with Gasteiger partial charge in [0.1, 0.15) is 0 Å². The molecule has 0 radical (unpaired) electrons. The Kier molecular flexibility index (Phi) is 8.12. The highest BCUT2D eigenvalue weighted by Gasteiger charge is 2.08. The lowest BCUT2D eigenvalue weighted by Gasteiger charge is -2.05. The van der Waals surface area contributed by atoms with E-state index in [1.54, 1.807) is 13.1 Å². The molecule has 0 unspecified atom stereocenters. The van der Waals surface area contributed by atoms with Gasteiger partial charge in [-0.2, -0.15) is 0 Å². The number of pyridine rings is 1. The molecule has 0 fully saturated rings. The molecule has 1 aromatic rings. The van der Waals surface area contributed by atoms with Crippen molar-refractivity contribution in [3.05, 3.63) is 29.6 Å². The number of aromatic nitrogens is 1. The summed E-state index contributed by atoms with van der Waals surface area (Å²) in [6.45, 7) is 8.27. The van der Waals surface area contributed by atoms with E-state index in [1.807, 2.05) is 32.9 Å². The Bertz CT molecular complexity index is 311. The van der Waals surface area contributed by atoms with E-state index in [-0.39, 0.29) is 12.4 Å². The zero-order valence-corrected chi connectivity index (χ0v) is 10.6. The Hall–Kier alpha value is -1.38. The molecule has 3 nitrogen and oxygen atoms in total. The second-order valence-electron chi connectivity index (χ2n) is 2.94. The van der Waals surface area contributed by atoms with Gasteiger partial charge in [-0.05, 0) is 25.0 Å². The van der Waals surface area contributed by atoms with Gasteiger partial charge < -0.3 is 4.74 Å². The molecular formula is C13H21NO2. The van der Waals surface area contributed by atoms with Crippen LogP contribution in [-0.2, 0) is 22.4 Å².